The Bertz CT molecular complexity index is 542. The molecule has 8 heteroatoms. The van der Waals surface area contributed by atoms with Crippen molar-refractivity contribution in [1.29, 1.82) is 0 Å². The molecule has 0 atom stereocenters. The Balaban J connectivity index is 3.28. The van der Waals surface area contributed by atoms with E-state index in [0.29, 0.717) is 5.56 Å². The zero-order valence-corrected chi connectivity index (χ0v) is 11.3. The number of aliphatic hydroxyl groups is 2. The minimum atomic E-state index is -4.14. The molecule has 0 aliphatic carbocycles. The van der Waals surface area contributed by atoms with Gasteiger partial charge in [-0.25, -0.2) is 12.8 Å². The molecular formula is C11H17FN2O4S. The topological polar surface area (TPSA) is 104 Å². The van der Waals surface area contributed by atoms with Gasteiger partial charge >= 0.3 is 0 Å². The lowest BCUT2D eigenvalue weighted by molar-refractivity contribution is 0.217. The first kappa shape index (κ1) is 15.8. The highest BCUT2D eigenvalue weighted by atomic mass is 32.2. The molecule has 0 unspecified atom stereocenters. The molecule has 4 N–H and O–H groups in total. The number of anilines is 1. The number of aryl methyl sites for hydroxylation is 1. The minimum Gasteiger partial charge on any atom is -0.398 e. The largest absolute Gasteiger partial charge is 0.398 e. The second kappa shape index (κ2) is 6.29. The van der Waals surface area contributed by atoms with Gasteiger partial charge < -0.3 is 15.9 Å². The van der Waals surface area contributed by atoms with Gasteiger partial charge in [-0.3, -0.25) is 0 Å². The Morgan fingerprint density at radius 3 is 2.26 bits per heavy atom. The molecule has 1 aromatic rings. The maximum Gasteiger partial charge on any atom is 0.246 e. The normalized spacial score (nSPS) is 12.1. The number of rotatable bonds is 6. The zero-order valence-electron chi connectivity index (χ0n) is 10.5. The summed E-state index contributed by atoms with van der Waals surface area (Å²) >= 11 is 0. The molecule has 0 bridgehead atoms. The van der Waals surface area contributed by atoms with Crippen molar-refractivity contribution in [2.75, 3.05) is 32.0 Å². The van der Waals surface area contributed by atoms with Crippen LogP contribution in [-0.4, -0.2) is 49.2 Å². The van der Waals surface area contributed by atoms with E-state index < -0.39 is 33.9 Å². The predicted octanol–water partition coefficient (Wildman–Crippen LogP) is -0.308. The predicted molar refractivity (Wildman–Crippen MR) is 68.5 cm³/mol. The molecule has 0 radical (unpaired) electrons. The number of sulfonamides is 1. The van der Waals surface area contributed by atoms with Crippen molar-refractivity contribution in [3.05, 3.63) is 23.5 Å². The van der Waals surface area contributed by atoms with Crippen molar-refractivity contribution >= 4 is 15.7 Å². The lowest BCUT2D eigenvalue weighted by atomic mass is 10.2. The summed E-state index contributed by atoms with van der Waals surface area (Å²) in [6.07, 6.45) is 0. The molecule has 0 heterocycles. The van der Waals surface area contributed by atoms with Crippen molar-refractivity contribution in [1.82, 2.24) is 4.31 Å². The molecule has 0 fully saturated rings. The molecular weight excluding hydrogens is 275 g/mol. The Hall–Kier alpha value is -1.22. The van der Waals surface area contributed by atoms with Crippen LogP contribution in [0, 0.1) is 12.7 Å². The Morgan fingerprint density at radius 2 is 1.79 bits per heavy atom. The van der Waals surface area contributed by atoms with E-state index in [9.17, 15) is 12.8 Å². The van der Waals surface area contributed by atoms with Crippen LogP contribution in [0.1, 0.15) is 5.56 Å². The lowest BCUT2D eigenvalue weighted by Gasteiger charge is -2.21. The molecule has 19 heavy (non-hydrogen) atoms. The van der Waals surface area contributed by atoms with Gasteiger partial charge in [-0.05, 0) is 24.6 Å². The third-order valence-electron chi connectivity index (χ3n) is 2.64. The molecule has 0 aliphatic rings. The smallest absolute Gasteiger partial charge is 0.246 e. The first-order valence-corrected chi connectivity index (χ1v) is 7.06. The van der Waals surface area contributed by atoms with Crippen LogP contribution >= 0.6 is 0 Å². The highest BCUT2D eigenvalue weighted by Crippen LogP contribution is 2.24. The molecule has 6 nitrogen and oxygen atoms in total. The van der Waals surface area contributed by atoms with Gasteiger partial charge in [-0.1, -0.05) is 0 Å². The van der Waals surface area contributed by atoms with Gasteiger partial charge in [0.05, 0.1) is 13.2 Å². The third kappa shape index (κ3) is 3.41. The van der Waals surface area contributed by atoms with Crippen molar-refractivity contribution in [2.45, 2.75) is 11.8 Å². The first-order chi connectivity index (χ1) is 8.84. The summed E-state index contributed by atoms with van der Waals surface area (Å²) in [6.45, 7) is 0.255. The number of nitrogens with zero attached hydrogens (tertiary/aromatic N) is 1. The van der Waals surface area contributed by atoms with Crippen molar-refractivity contribution < 1.29 is 23.0 Å². The number of benzene rings is 1. The number of hydrogen-bond acceptors (Lipinski definition) is 5. The van der Waals surface area contributed by atoms with E-state index in [0.717, 1.165) is 16.4 Å². The highest BCUT2D eigenvalue weighted by Gasteiger charge is 2.27. The summed E-state index contributed by atoms with van der Waals surface area (Å²) in [6, 6.07) is 2.08. The summed E-state index contributed by atoms with van der Waals surface area (Å²) in [5, 5.41) is 17.7. The summed E-state index contributed by atoms with van der Waals surface area (Å²) in [5.74, 6) is -0.910. The summed E-state index contributed by atoms with van der Waals surface area (Å²) in [5.41, 5.74) is 6.18. The SMILES string of the molecule is Cc1cc(F)c(S(=O)(=O)N(CCO)CCO)cc1N. The van der Waals surface area contributed by atoms with Gasteiger partial charge in [-0.15, -0.1) is 0 Å². The van der Waals surface area contributed by atoms with Gasteiger partial charge in [0.15, 0.2) is 0 Å². The van der Waals surface area contributed by atoms with Crippen LogP contribution in [0.2, 0.25) is 0 Å². The number of aliphatic hydroxyl groups excluding tert-OH is 2. The van der Waals surface area contributed by atoms with E-state index in [1.807, 2.05) is 0 Å². The maximum absolute atomic E-state index is 13.8. The fraction of sp³-hybridized carbons (Fsp3) is 0.455. The molecule has 108 valence electrons. The van der Waals surface area contributed by atoms with Crippen LogP contribution in [0.3, 0.4) is 0 Å². The molecule has 0 aliphatic heterocycles. The van der Waals surface area contributed by atoms with Gasteiger partial charge in [0.2, 0.25) is 10.0 Å². The van der Waals surface area contributed by atoms with Crippen molar-refractivity contribution in [3.63, 3.8) is 0 Å². The standard InChI is InChI=1S/C11H17FN2O4S/c1-8-6-9(12)11(7-10(8)13)19(17,18)14(2-4-15)3-5-16/h6-7,15-16H,2-5,13H2,1H3. The van der Waals surface area contributed by atoms with Crippen LogP contribution in [0.4, 0.5) is 10.1 Å². The van der Waals surface area contributed by atoms with Gasteiger partial charge in [0.1, 0.15) is 10.7 Å². The zero-order chi connectivity index (χ0) is 14.6. The molecule has 0 aromatic heterocycles. The van der Waals surface area contributed by atoms with E-state index in [1.165, 1.54) is 0 Å². The van der Waals surface area contributed by atoms with Crippen LogP contribution in [0.25, 0.3) is 0 Å². The van der Waals surface area contributed by atoms with E-state index in [2.05, 4.69) is 0 Å². The molecule has 0 saturated carbocycles. The average Bonchev–Trinajstić information content (AvgIpc) is 2.33. The van der Waals surface area contributed by atoms with Gasteiger partial charge in [-0.2, -0.15) is 4.31 Å². The van der Waals surface area contributed by atoms with Crippen LogP contribution in [0.5, 0.6) is 0 Å². The van der Waals surface area contributed by atoms with E-state index in [-0.39, 0.29) is 18.8 Å². The van der Waals surface area contributed by atoms with Crippen LogP contribution < -0.4 is 5.73 Å². The maximum atomic E-state index is 13.8. The lowest BCUT2D eigenvalue weighted by Crippen LogP contribution is -2.36. The fourth-order valence-electron chi connectivity index (χ4n) is 1.58. The molecule has 1 aromatic carbocycles. The highest BCUT2D eigenvalue weighted by molar-refractivity contribution is 7.89. The summed E-state index contributed by atoms with van der Waals surface area (Å²) < 4.78 is 39.0. The van der Waals surface area contributed by atoms with Crippen molar-refractivity contribution in [3.8, 4) is 0 Å². The minimum absolute atomic E-state index is 0.160. The Labute approximate surface area is 111 Å². The number of nitrogen functional groups attached to an aromatic ring is 1. The summed E-state index contributed by atoms with van der Waals surface area (Å²) in [4.78, 5) is -0.558. The molecule has 1 rings (SSSR count). The average molecular weight is 292 g/mol. The van der Waals surface area contributed by atoms with E-state index in [1.54, 1.807) is 6.92 Å². The second-order valence-electron chi connectivity index (χ2n) is 3.99. The van der Waals surface area contributed by atoms with Gasteiger partial charge in [0, 0.05) is 18.8 Å². The number of nitrogens with two attached hydrogens (primary N) is 1. The van der Waals surface area contributed by atoms with Crippen LogP contribution in [-0.2, 0) is 10.0 Å². The summed E-state index contributed by atoms with van der Waals surface area (Å²) in [7, 11) is -4.14. The van der Waals surface area contributed by atoms with Crippen molar-refractivity contribution in [2.24, 2.45) is 0 Å². The number of hydrogen-bond donors (Lipinski definition) is 3. The monoisotopic (exact) mass is 292 g/mol. The molecule has 0 amide bonds. The quantitative estimate of drug-likeness (QED) is 0.624. The third-order valence-corrected chi connectivity index (χ3v) is 4.55. The van der Waals surface area contributed by atoms with Crippen LogP contribution in [0.15, 0.2) is 17.0 Å². The first-order valence-electron chi connectivity index (χ1n) is 5.62. The molecule has 0 spiro atoms. The van der Waals surface area contributed by atoms with Gasteiger partial charge in [0.25, 0.3) is 0 Å². The second-order valence-corrected chi connectivity index (χ2v) is 5.90. The Morgan fingerprint density at radius 1 is 1.26 bits per heavy atom. The van der Waals surface area contributed by atoms with E-state index >= 15 is 0 Å². The molecule has 0 saturated heterocycles. The fourth-order valence-corrected chi connectivity index (χ4v) is 3.08. The van der Waals surface area contributed by atoms with E-state index in [4.69, 9.17) is 15.9 Å². The number of halogens is 1. The Kier molecular flexibility index (Phi) is 5.24.